The van der Waals surface area contributed by atoms with Crippen LogP contribution in [0, 0.1) is 16.0 Å². The number of nitrogens with zero attached hydrogens (tertiary/aromatic N) is 1. The molecule has 2 rings (SSSR count). The van der Waals surface area contributed by atoms with E-state index in [1.807, 2.05) is 0 Å². The summed E-state index contributed by atoms with van der Waals surface area (Å²) in [5, 5.41) is 19.7. The topological polar surface area (TPSA) is 89.7 Å². The number of nitro benzene ring substituents is 1. The number of methoxy groups -OCH3 is 1. The molecule has 0 radical (unpaired) electrons. The van der Waals surface area contributed by atoms with Gasteiger partial charge < -0.3 is 9.84 Å². The molecule has 1 aromatic carbocycles. The van der Waals surface area contributed by atoms with Gasteiger partial charge in [-0.3, -0.25) is 14.9 Å². The number of carbonyl (C=O) groups is 1. The fourth-order valence-electron chi connectivity index (χ4n) is 1.93. The van der Waals surface area contributed by atoms with Crippen molar-refractivity contribution in [3.63, 3.8) is 0 Å². The molecule has 0 aliphatic heterocycles. The number of nitro groups is 1. The molecule has 2 unspecified atom stereocenters. The van der Waals surface area contributed by atoms with Crippen molar-refractivity contribution in [2.24, 2.45) is 5.92 Å². The number of rotatable bonds is 4. The molecule has 17 heavy (non-hydrogen) atoms. The van der Waals surface area contributed by atoms with Gasteiger partial charge in [0.1, 0.15) is 5.75 Å². The second-order valence-electron chi connectivity index (χ2n) is 3.97. The van der Waals surface area contributed by atoms with Gasteiger partial charge in [0, 0.05) is 17.5 Å². The van der Waals surface area contributed by atoms with E-state index < -0.39 is 16.8 Å². The summed E-state index contributed by atoms with van der Waals surface area (Å²) in [5.41, 5.74) is 0.404. The van der Waals surface area contributed by atoms with E-state index in [2.05, 4.69) is 0 Å². The van der Waals surface area contributed by atoms with Gasteiger partial charge in [-0.15, -0.1) is 0 Å². The highest BCUT2D eigenvalue weighted by molar-refractivity contribution is 5.76. The average molecular weight is 237 g/mol. The van der Waals surface area contributed by atoms with Crippen molar-refractivity contribution in [2.45, 2.75) is 12.3 Å². The molecular weight excluding hydrogens is 226 g/mol. The Labute approximate surface area is 97.0 Å². The minimum Gasteiger partial charge on any atom is -0.497 e. The van der Waals surface area contributed by atoms with Gasteiger partial charge in [-0.1, -0.05) is 0 Å². The van der Waals surface area contributed by atoms with Crippen LogP contribution in [0.2, 0.25) is 0 Å². The lowest BCUT2D eigenvalue weighted by Crippen LogP contribution is -2.01. The number of benzene rings is 1. The summed E-state index contributed by atoms with van der Waals surface area (Å²) in [7, 11) is 1.46. The lowest BCUT2D eigenvalue weighted by atomic mass is 10.1. The first-order valence-corrected chi connectivity index (χ1v) is 5.09. The number of hydrogen-bond donors (Lipinski definition) is 1. The maximum Gasteiger partial charge on any atom is 0.307 e. The lowest BCUT2D eigenvalue weighted by Gasteiger charge is -2.04. The van der Waals surface area contributed by atoms with Crippen molar-refractivity contribution in [2.75, 3.05) is 7.11 Å². The quantitative estimate of drug-likeness (QED) is 0.636. The maximum absolute atomic E-state index is 10.8. The summed E-state index contributed by atoms with van der Waals surface area (Å²) in [6.07, 6.45) is 0.448. The van der Waals surface area contributed by atoms with Gasteiger partial charge in [-0.25, -0.2) is 0 Å². The third-order valence-corrected chi connectivity index (χ3v) is 2.94. The smallest absolute Gasteiger partial charge is 0.307 e. The summed E-state index contributed by atoms with van der Waals surface area (Å²) in [6.45, 7) is 0. The molecule has 0 spiro atoms. The van der Waals surface area contributed by atoms with Crippen molar-refractivity contribution < 1.29 is 19.6 Å². The van der Waals surface area contributed by atoms with Gasteiger partial charge in [0.15, 0.2) is 0 Å². The zero-order valence-electron chi connectivity index (χ0n) is 9.12. The van der Waals surface area contributed by atoms with Crippen molar-refractivity contribution in [3.05, 3.63) is 33.9 Å². The number of hydrogen-bond acceptors (Lipinski definition) is 4. The molecule has 0 saturated heterocycles. The molecule has 90 valence electrons. The molecule has 2 atom stereocenters. The molecule has 1 aliphatic carbocycles. The highest BCUT2D eigenvalue weighted by Gasteiger charge is 2.47. The van der Waals surface area contributed by atoms with E-state index in [1.165, 1.54) is 19.2 Å². The van der Waals surface area contributed by atoms with Crippen molar-refractivity contribution in [1.82, 2.24) is 0 Å². The Hall–Kier alpha value is -2.11. The van der Waals surface area contributed by atoms with Crippen LogP contribution in [0.5, 0.6) is 5.75 Å². The largest absolute Gasteiger partial charge is 0.497 e. The van der Waals surface area contributed by atoms with Crippen LogP contribution in [0.1, 0.15) is 17.9 Å². The monoisotopic (exact) mass is 237 g/mol. The van der Waals surface area contributed by atoms with Crippen LogP contribution >= 0.6 is 0 Å². The molecule has 1 aliphatic rings. The molecule has 0 heterocycles. The number of carboxylic acids is 1. The summed E-state index contributed by atoms with van der Waals surface area (Å²) in [4.78, 5) is 21.1. The van der Waals surface area contributed by atoms with Gasteiger partial charge in [-0.05, 0) is 18.6 Å². The minimum atomic E-state index is -0.910. The zero-order valence-corrected chi connectivity index (χ0v) is 9.12. The Balaban J connectivity index is 2.37. The Kier molecular flexibility index (Phi) is 2.71. The fraction of sp³-hybridized carbons (Fsp3) is 0.364. The van der Waals surface area contributed by atoms with Crippen LogP contribution in [0.3, 0.4) is 0 Å². The third-order valence-electron chi connectivity index (χ3n) is 2.94. The Morgan fingerprint density at radius 2 is 2.29 bits per heavy atom. The lowest BCUT2D eigenvalue weighted by molar-refractivity contribution is -0.385. The third kappa shape index (κ3) is 2.06. The second-order valence-corrected chi connectivity index (χ2v) is 3.97. The van der Waals surface area contributed by atoms with Crippen molar-refractivity contribution in [3.8, 4) is 5.75 Å². The van der Waals surface area contributed by atoms with Gasteiger partial charge in [0.25, 0.3) is 5.69 Å². The number of ether oxygens (including phenoxy) is 1. The van der Waals surface area contributed by atoms with Crippen molar-refractivity contribution >= 4 is 11.7 Å². The van der Waals surface area contributed by atoms with Gasteiger partial charge in [-0.2, -0.15) is 0 Å². The maximum atomic E-state index is 10.8. The van der Waals surface area contributed by atoms with Crippen LogP contribution in [-0.4, -0.2) is 23.1 Å². The molecule has 6 heteroatoms. The van der Waals surface area contributed by atoms with Crippen LogP contribution < -0.4 is 4.74 Å². The normalized spacial score (nSPS) is 21.9. The molecule has 1 N–H and O–H groups in total. The first-order chi connectivity index (χ1) is 8.04. The van der Waals surface area contributed by atoms with E-state index >= 15 is 0 Å². The van der Waals surface area contributed by atoms with E-state index in [4.69, 9.17) is 9.84 Å². The predicted molar refractivity (Wildman–Crippen MR) is 58.1 cm³/mol. The van der Waals surface area contributed by atoms with Crippen LogP contribution in [0.25, 0.3) is 0 Å². The SMILES string of the molecule is COc1ccc([N+](=O)[O-])c(C2CC2C(=O)O)c1. The summed E-state index contributed by atoms with van der Waals surface area (Å²) in [5.74, 6) is -1.20. The summed E-state index contributed by atoms with van der Waals surface area (Å²) < 4.78 is 4.99. The zero-order chi connectivity index (χ0) is 12.6. The fourth-order valence-corrected chi connectivity index (χ4v) is 1.93. The Morgan fingerprint density at radius 1 is 1.59 bits per heavy atom. The van der Waals surface area contributed by atoms with Crippen LogP contribution in [0.4, 0.5) is 5.69 Å². The predicted octanol–water partition coefficient (Wildman–Crippen LogP) is 1.79. The van der Waals surface area contributed by atoms with E-state index in [-0.39, 0.29) is 11.6 Å². The number of aliphatic carboxylic acids is 1. The van der Waals surface area contributed by atoms with Crippen LogP contribution in [-0.2, 0) is 4.79 Å². The standard InChI is InChI=1S/C11H11NO5/c1-17-6-2-3-10(12(15)16)8(4-6)7-5-9(7)11(13)14/h2-4,7,9H,5H2,1H3,(H,13,14). The molecular formula is C11H11NO5. The van der Waals surface area contributed by atoms with E-state index in [0.29, 0.717) is 17.7 Å². The van der Waals surface area contributed by atoms with E-state index in [9.17, 15) is 14.9 Å². The van der Waals surface area contributed by atoms with Crippen molar-refractivity contribution in [1.29, 1.82) is 0 Å². The van der Waals surface area contributed by atoms with E-state index in [1.54, 1.807) is 6.07 Å². The average Bonchev–Trinajstić information content (AvgIpc) is 3.08. The second kappa shape index (κ2) is 4.04. The molecule has 6 nitrogen and oxygen atoms in total. The molecule has 1 saturated carbocycles. The Bertz CT molecular complexity index is 485. The molecule has 0 bridgehead atoms. The molecule has 0 aromatic heterocycles. The highest BCUT2D eigenvalue weighted by Crippen LogP contribution is 2.51. The first kappa shape index (κ1) is 11.4. The molecule has 0 amide bonds. The summed E-state index contributed by atoms with van der Waals surface area (Å²) in [6, 6.07) is 4.40. The minimum absolute atomic E-state index is 0.0421. The summed E-state index contributed by atoms with van der Waals surface area (Å²) >= 11 is 0. The number of carboxylic acid groups (broad SMARTS) is 1. The molecule has 1 fully saturated rings. The molecule has 1 aromatic rings. The highest BCUT2D eigenvalue weighted by atomic mass is 16.6. The van der Waals surface area contributed by atoms with Crippen LogP contribution in [0.15, 0.2) is 18.2 Å². The first-order valence-electron chi connectivity index (χ1n) is 5.09. The Morgan fingerprint density at radius 3 is 2.76 bits per heavy atom. The van der Waals surface area contributed by atoms with E-state index in [0.717, 1.165) is 0 Å². The van der Waals surface area contributed by atoms with Gasteiger partial charge in [0.2, 0.25) is 0 Å². The van der Waals surface area contributed by atoms with Gasteiger partial charge in [0.05, 0.1) is 18.0 Å². The van der Waals surface area contributed by atoms with Gasteiger partial charge >= 0.3 is 5.97 Å².